The third-order valence-corrected chi connectivity index (χ3v) is 1.97. The first kappa shape index (κ1) is 11.9. The fraction of sp³-hybridized carbons (Fsp3) is 0.300. The highest BCUT2D eigenvalue weighted by Gasteiger charge is 2.59. The van der Waals surface area contributed by atoms with Gasteiger partial charge >= 0.3 is 12.1 Å². The van der Waals surface area contributed by atoms with Gasteiger partial charge in [-0.2, -0.15) is 22.0 Å². The molecule has 0 aliphatic carbocycles. The van der Waals surface area contributed by atoms with Gasteiger partial charge in [-0.3, -0.25) is 0 Å². The van der Waals surface area contributed by atoms with Crippen LogP contribution in [0, 0.1) is 6.42 Å². The molecule has 0 heterocycles. The molecule has 1 radical (unpaired) electrons. The summed E-state index contributed by atoms with van der Waals surface area (Å²) in [6.07, 6.45) is -4.35. The van der Waals surface area contributed by atoms with Crippen LogP contribution >= 0.6 is 0 Å². The molecular formula is C10H8F5. The Morgan fingerprint density at radius 2 is 1.53 bits per heavy atom. The Bertz CT molecular complexity index is 340. The summed E-state index contributed by atoms with van der Waals surface area (Å²) < 4.78 is 62.1. The van der Waals surface area contributed by atoms with Gasteiger partial charge in [0.2, 0.25) is 0 Å². The molecule has 0 saturated carbocycles. The van der Waals surface area contributed by atoms with Gasteiger partial charge in [-0.05, 0) is 12.0 Å². The Hall–Kier alpha value is -1.13. The second-order valence-corrected chi connectivity index (χ2v) is 2.95. The first-order chi connectivity index (χ1) is 6.80. The van der Waals surface area contributed by atoms with Gasteiger partial charge in [0, 0.05) is 5.56 Å². The molecule has 0 bridgehead atoms. The van der Waals surface area contributed by atoms with Gasteiger partial charge in [0.15, 0.2) is 0 Å². The molecule has 0 atom stereocenters. The van der Waals surface area contributed by atoms with Crippen LogP contribution in [0.2, 0.25) is 0 Å². The van der Waals surface area contributed by atoms with Crippen LogP contribution in [0.5, 0.6) is 0 Å². The quantitative estimate of drug-likeness (QED) is 0.667. The summed E-state index contributed by atoms with van der Waals surface area (Å²) >= 11 is 0. The molecule has 0 spiro atoms. The van der Waals surface area contributed by atoms with Crippen molar-refractivity contribution in [2.75, 3.05) is 0 Å². The molecule has 5 heteroatoms. The van der Waals surface area contributed by atoms with E-state index in [-0.39, 0.29) is 5.56 Å². The van der Waals surface area contributed by atoms with E-state index >= 15 is 0 Å². The Morgan fingerprint density at radius 1 is 1.00 bits per heavy atom. The van der Waals surface area contributed by atoms with Crippen LogP contribution in [0.25, 0.3) is 0 Å². The van der Waals surface area contributed by atoms with E-state index < -0.39 is 17.7 Å². The Labute approximate surface area is 83.7 Å². The fourth-order valence-corrected chi connectivity index (χ4v) is 1.19. The van der Waals surface area contributed by atoms with E-state index in [0.29, 0.717) is 0 Å². The number of benzene rings is 1. The molecule has 0 aromatic heterocycles. The zero-order valence-electron chi connectivity index (χ0n) is 7.78. The molecule has 83 valence electrons. The summed E-state index contributed by atoms with van der Waals surface area (Å²) in [5, 5.41) is 0. The van der Waals surface area contributed by atoms with Crippen molar-refractivity contribution in [2.24, 2.45) is 0 Å². The molecule has 0 fully saturated rings. The monoisotopic (exact) mass is 223 g/mol. The maximum Gasteiger partial charge on any atom is 0.458 e. The van der Waals surface area contributed by atoms with E-state index in [2.05, 4.69) is 0 Å². The number of rotatable bonds is 2. The van der Waals surface area contributed by atoms with E-state index in [0.717, 1.165) is 12.1 Å². The SMILES string of the molecule is C[CH]c1ccccc1C(F)(F)C(F)(F)F. The van der Waals surface area contributed by atoms with E-state index in [1.807, 2.05) is 0 Å². The first-order valence-electron chi connectivity index (χ1n) is 4.14. The van der Waals surface area contributed by atoms with Gasteiger partial charge in [-0.15, -0.1) is 0 Å². The third-order valence-electron chi connectivity index (χ3n) is 1.97. The Balaban J connectivity index is 3.26. The van der Waals surface area contributed by atoms with Crippen molar-refractivity contribution in [1.29, 1.82) is 0 Å². The lowest BCUT2D eigenvalue weighted by Crippen LogP contribution is -2.34. The third kappa shape index (κ3) is 2.11. The minimum absolute atomic E-state index is 0.111. The van der Waals surface area contributed by atoms with Crippen molar-refractivity contribution < 1.29 is 22.0 Å². The summed E-state index contributed by atoms with van der Waals surface area (Å²) in [6, 6.07) is 4.56. The molecule has 1 rings (SSSR count). The highest BCUT2D eigenvalue weighted by atomic mass is 19.4. The van der Waals surface area contributed by atoms with E-state index in [1.165, 1.54) is 25.5 Å². The number of alkyl halides is 5. The standard InChI is InChI=1S/C10H8F5/c1-2-7-5-3-4-6-8(7)9(11,12)10(13,14)15/h2-6H,1H3. The maximum absolute atomic E-state index is 13.0. The average Bonchev–Trinajstić information content (AvgIpc) is 2.16. The van der Waals surface area contributed by atoms with Crippen LogP contribution in [0.4, 0.5) is 22.0 Å². The van der Waals surface area contributed by atoms with Crippen molar-refractivity contribution in [3.05, 3.63) is 41.8 Å². The second kappa shape index (κ2) is 3.79. The topological polar surface area (TPSA) is 0 Å². The van der Waals surface area contributed by atoms with Gasteiger partial charge < -0.3 is 0 Å². The maximum atomic E-state index is 13.0. The van der Waals surface area contributed by atoms with Crippen LogP contribution in [-0.2, 0) is 5.92 Å². The van der Waals surface area contributed by atoms with Gasteiger partial charge in [-0.1, -0.05) is 31.2 Å². The van der Waals surface area contributed by atoms with Crippen LogP contribution in [0.15, 0.2) is 24.3 Å². The predicted octanol–water partition coefficient (Wildman–Crippen LogP) is 3.91. The highest BCUT2D eigenvalue weighted by Crippen LogP contribution is 2.45. The molecule has 0 nitrogen and oxygen atoms in total. The summed E-state index contributed by atoms with van der Waals surface area (Å²) in [6.45, 7) is 1.41. The minimum atomic E-state index is -5.56. The van der Waals surface area contributed by atoms with Gasteiger partial charge in [0.1, 0.15) is 0 Å². The minimum Gasteiger partial charge on any atom is -0.191 e. The zero-order valence-corrected chi connectivity index (χ0v) is 7.78. The number of halogens is 5. The Kier molecular flexibility index (Phi) is 3.02. The predicted molar refractivity (Wildman–Crippen MR) is 45.5 cm³/mol. The largest absolute Gasteiger partial charge is 0.458 e. The zero-order chi connectivity index (χ0) is 11.7. The molecule has 0 aliphatic rings. The van der Waals surface area contributed by atoms with Crippen LogP contribution in [0.1, 0.15) is 18.1 Å². The van der Waals surface area contributed by atoms with Crippen LogP contribution < -0.4 is 0 Å². The van der Waals surface area contributed by atoms with Crippen LogP contribution in [0.3, 0.4) is 0 Å². The highest BCUT2D eigenvalue weighted by molar-refractivity contribution is 5.36. The second-order valence-electron chi connectivity index (χ2n) is 2.95. The molecule has 1 aromatic rings. The number of hydrogen-bond acceptors (Lipinski definition) is 0. The smallest absolute Gasteiger partial charge is 0.191 e. The molecule has 0 N–H and O–H groups in total. The summed E-state index contributed by atoms with van der Waals surface area (Å²) in [4.78, 5) is 0. The van der Waals surface area contributed by atoms with E-state index in [1.54, 1.807) is 0 Å². The molecule has 0 aliphatic heterocycles. The van der Waals surface area contributed by atoms with E-state index in [4.69, 9.17) is 0 Å². The first-order valence-corrected chi connectivity index (χ1v) is 4.14. The molecular weight excluding hydrogens is 215 g/mol. The molecule has 0 unspecified atom stereocenters. The van der Waals surface area contributed by atoms with Crippen molar-refractivity contribution >= 4 is 0 Å². The average molecular weight is 223 g/mol. The molecule has 1 aromatic carbocycles. The Morgan fingerprint density at radius 3 is 2.00 bits per heavy atom. The van der Waals surface area contributed by atoms with Gasteiger partial charge in [0.25, 0.3) is 0 Å². The van der Waals surface area contributed by atoms with Gasteiger partial charge in [-0.25, -0.2) is 0 Å². The van der Waals surface area contributed by atoms with Crippen molar-refractivity contribution in [3.63, 3.8) is 0 Å². The van der Waals surface area contributed by atoms with E-state index in [9.17, 15) is 22.0 Å². The lowest BCUT2D eigenvalue weighted by atomic mass is 9.99. The molecule has 0 saturated heterocycles. The lowest BCUT2D eigenvalue weighted by molar-refractivity contribution is -0.289. The molecule has 15 heavy (non-hydrogen) atoms. The molecule has 0 amide bonds. The number of hydrogen-bond donors (Lipinski definition) is 0. The van der Waals surface area contributed by atoms with Crippen molar-refractivity contribution in [1.82, 2.24) is 0 Å². The van der Waals surface area contributed by atoms with Crippen LogP contribution in [-0.4, -0.2) is 6.18 Å². The summed E-state index contributed by atoms with van der Waals surface area (Å²) in [5.74, 6) is -4.81. The summed E-state index contributed by atoms with van der Waals surface area (Å²) in [5.41, 5.74) is -1.13. The lowest BCUT2D eigenvalue weighted by Gasteiger charge is -2.21. The normalized spacial score (nSPS) is 12.9. The van der Waals surface area contributed by atoms with Crippen molar-refractivity contribution in [2.45, 2.75) is 19.0 Å². The summed E-state index contributed by atoms with van der Waals surface area (Å²) in [7, 11) is 0. The fourth-order valence-electron chi connectivity index (χ4n) is 1.19. The van der Waals surface area contributed by atoms with Crippen molar-refractivity contribution in [3.8, 4) is 0 Å². The van der Waals surface area contributed by atoms with Gasteiger partial charge in [0.05, 0.1) is 0 Å².